The third kappa shape index (κ3) is 3.37. The second-order valence-corrected chi connectivity index (χ2v) is 7.06. The van der Waals surface area contributed by atoms with Crippen LogP contribution in [0, 0.1) is 0 Å². The Morgan fingerprint density at radius 3 is 2.77 bits per heavy atom. The summed E-state index contributed by atoms with van der Waals surface area (Å²) in [6.07, 6.45) is 1.59. The lowest BCUT2D eigenvalue weighted by atomic mass is 10.0. The molecule has 2 aliphatic heterocycles. The molecule has 0 aliphatic carbocycles. The minimum absolute atomic E-state index is 0.126. The SMILES string of the molecule is CCC(CN)N(C)Cc1cccc2c1C(=O)N(C1CCC(=O)NC1=O)C2. The van der Waals surface area contributed by atoms with E-state index in [0.717, 1.165) is 17.5 Å². The smallest absolute Gasteiger partial charge is 0.255 e. The van der Waals surface area contributed by atoms with Gasteiger partial charge in [-0.3, -0.25) is 24.6 Å². The molecule has 1 aromatic rings. The van der Waals surface area contributed by atoms with E-state index in [-0.39, 0.29) is 30.2 Å². The highest BCUT2D eigenvalue weighted by Gasteiger charge is 2.40. The third-order valence-electron chi connectivity index (χ3n) is 5.43. The molecule has 0 saturated carbocycles. The Bertz CT molecular complexity index is 729. The number of piperidine rings is 1. The number of hydrogen-bond acceptors (Lipinski definition) is 5. The summed E-state index contributed by atoms with van der Waals surface area (Å²) in [7, 11) is 2.01. The lowest BCUT2D eigenvalue weighted by Crippen LogP contribution is -2.52. The molecule has 3 amide bonds. The average Bonchev–Trinajstić information content (AvgIpc) is 2.94. The largest absolute Gasteiger partial charge is 0.329 e. The summed E-state index contributed by atoms with van der Waals surface area (Å²) in [4.78, 5) is 40.4. The van der Waals surface area contributed by atoms with Gasteiger partial charge in [0, 0.05) is 37.7 Å². The zero-order valence-corrected chi connectivity index (χ0v) is 15.3. The van der Waals surface area contributed by atoms with Crippen molar-refractivity contribution in [2.24, 2.45) is 5.73 Å². The molecule has 0 radical (unpaired) electrons. The fraction of sp³-hybridized carbons (Fsp3) is 0.526. The van der Waals surface area contributed by atoms with Gasteiger partial charge in [0.1, 0.15) is 6.04 Å². The van der Waals surface area contributed by atoms with Crippen LogP contribution in [-0.4, -0.2) is 53.2 Å². The molecule has 3 N–H and O–H groups in total. The molecule has 2 aliphatic rings. The van der Waals surface area contributed by atoms with Crippen LogP contribution >= 0.6 is 0 Å². The summed E-state index contributed by atoms with van der Waals surface area (Å²) >= 11 is 0. The maximum atomic E-state index is 13.1. The monoisotopic (exact) mass is 358 g/mol. The van der Waals surface area contributed by atoms with E-state index in [0.29, 0.717) is 31.6 Å². The third-order valence-corrected chi connectivity index (χ3v) is 5.43. The highest BCUT2D eigenvalue weighted by molar-refractivity contribution is 6.05. The van der Waals surface area contributed by atoms with Crippen molar-refractivity contribution in [3.05, 3.63) is 34.9 Å². The Morgan fingerprint density at radius 2 is 2.12 bits per heavy atom. The fourth-order valence-electron chi connectivity index (χ4n) is 3.88. The lowest BCUT2D eigenvalue weighted by molar-refractivity contribution is -0.136. The molecule has 2 atom stereocenters. The van der Waals surface area contributed by atoms with Crippen molar-refractivity contribution in [1.29, 1.82) is 0 Å². The molecule has 140 valence electrons. The molecule has 2 unspecified atom stereocenters. The molecule has 0 spiro atoms. The van der Waals surface area contributed by atoms with Crippen molar-refractivity contribution < 1.29 is 14.4 Å². The van der Waals surface area contributed by atoms with Crippen LogP contribution in [0.15, 0.2) is 18.2 Å². The van der Waals surface area contributed by atoms with Crippen LogP contribution in [0.25, 0.3) is 0 Å². The summed E-state index contributed by atoms with van der Waals surface area (Å²) in [6.45, 7) is 3.71. The van der Waals surface area contributed by atoms with E-state index >= 15 is 0 Å². The summed E-state index contributed by atoms with van der Waals surface area (Å²) in [6, 6.07) is 5.53. The summed E-state index contributed by atoms with van der Waals surface area (Å²) in [5.74, 6) is -0.778. The quantitative estimate of drug-likeness (QED) is 0.727. The Labute approximate surface area is 153 Å². The van der Waals surface area contributed by atoms with Crippen molar-refractivity contribution in [3.63, 3.8) is 0 Å². The predicted octanol–water partition coefficient (Wildman–Crippen LogP) is 0.617. The Kier molecular flexibility index (Phi) is 5.38. The highest BCUT2D eigenvalue weighted by Crippen LogP contribution is 2.30. The molecule has 1 aromatic carbocycles. The van der Waals surface area contributed by atoms with Gasteiger partial charge in [-0.1, -0.05) is 25.1 Å². The van der Waals surface area contributed by atoms with Gasteiger partial charge in [-0.05, 0) is 31.0 Å². The van der Waals surface area contributed by atoms with E-state index in [1.54, 1.807) is 4.90 Å². The average molecular weight is 358 g/mol. The van der Waals surface area contributed by atoms with E-state index in [9.17, 15) is 14.4 Å². The molecule has 1 saturated heterocycles. The first-order valence-electron chi connectivity index (χ1n) is 9.12. The number of benzene rings is 1. The zero-order chi connectivity index (χ0) is 18.8. The van der Waals surface area contributed by atoms with E-state index in [1.807, 2.05) is 25.2 Å². The van der Waals surface area contributed by atoms with Crippen LogP contribution in [-0.2, 0) is 22.7 Å². The molecule has 2 heterocycles. The summed E-state index contributed by atoms with van der Waals surface area (Å²) in [5.41, 5.74) is 8.42. The van der Waals surface area contributed by atoms with Crippen LogP contribution in [0.1, 0.15) is 47.7 Å². The Morgan fingerprint density at radius 1 is 1.35 bits per heavy atom. The molecule has 26 heavy (non-hydrogen) atoms. The number of likely N-dealkylation sites (N-methyl/N-ethyl adjacent to an activating group) is 1. The molecule has 7 nitrogen and oxygen atoms in total. The first kappa shape index (κ1) is 18.5. The van der Waals surface area contributed by atoms with Crippen LogP contribution in [0.4, 0.5) is 0 Å². The second-order valence-electron chi connectivity index (χ2n) is 7.06. The molecule has 1 fully saturated rings. The van der Waals surface area contributed by atoms with E-state index in [4.69, 9.17) is 5.73 Å². The topological polar surface area (TPSA) is 95.7 Å². The number of hydrogen-bond donors (Lipinski definition) is 2. The Balaban J connectivity index is 1.82. The number of nitrogens with one attached hydrogen (secondary N) is 1. The normalized spacial score (nSPS) is 21.2. The van der Waals surface area contributed by atoms with E-state index in [1.165, 1.54) is 0 Å². The number of fused-ring (bicyclic) bond motifs is 1. The van der Waals surface area contributed by atoms with Crippen molar-refractivity contribution >= 4 is 17.7 Å². The fourth-order valence-corrected chi connectivity index (χ4v) is 3.88. The predicted molar refractivity (Wildman–Crippen MR) is 97.1 cm³/mol. The molecule has 7 heteroatoms. The van der Waals surface area contributed by atoms with Crippen LogP contribution in [0.5, 0.6) is 0 Å². The number of nitrogens with two attached hydrogens (primary N) is 1. The van der Waals surface area contributed by atoms with Gasteiger partial charge >= 0.3 is 0 Å². The van der Waals surface area contributed by atoms with Crippen molar-refractivity contribution in [2.45, 2.75) is 51.4 Å². The van der Waals surface area contributed by atoms with Crippen molar-refractivity contribution in [2.75, 3.05) is 13.6 Å². The van der Waals surface area contributed by atoms with Gasteiger partial charge in [-0.2, -0.15) is 0 Å². The van der Waals surface area contributed by atoms with Crippen LogP contribution in [0.2, 0.25) is 0 Å². The first-order valence-corrected chi connectivity index (χ1v) is 9.12. The van der Waals surface area contributed by atoms with E-state index < -0.39 is 6.04 Å². The zero-order valence-electron chi connectivity index (χ0n) is 15.3. The molecular weight excluding hydrogens is 332 g/mol. The number of carbonyl (C=O) groups excluding carboxylic acids is 3. The highest BCUT2D eigenvalue weighted by atomic mass is 16.2. The lowest BCUT2D eigenvalue weighted by Gasteiger charge is -2.29. The first-order chi connectivity index (χ1) is 12.5. The number of nitrogens with zero attached hydrogens (tertiary/aromatic N) is 2. The van der Waals surface area contributed by atoms with Crippen LogP contribution in [0.3, 0.4) is 0 Å². The standard InChI is InChI=1S/C19H26N4O3/c1-3-14(9-20)22(2)10-12-5-4-6-13-11-23(19(26)17(12)13)15-7-8-16(24)21-18(15)25/h4-6,14-15H,3,7-11,20H2,1-2H3,(H,21,24,25). The number of carbonyl (C=O) groups is 3. The second kappa shape index (κ2) is 7.55. The van der Waals surface area contributed by atoms with Crippen LogP contribution < -0.4 is 11.1 Å². The van der Waals surface area contributed by atoms with Gasteiger partial charge < -0.3 is 10.6 Å². The van der Waals surface area contributed by atoms with Gasteiger partial charge in [0.2, 0.25) is 11.8 Å². The van der Waals surface area contributed by atoms with Gasteiger partial charge in [0.25, 0.3) is 5.91 Å². The maximum Gasteiger partial charge on any atom is 0.255 e. The van der Waals surface area contributed by atoms with Crippen molar-refractivity contribution in [1.82, 2.24) is 15.1 Å². The molecular formula is C19H26N4O3. The maximum absolute atomic E-state index is 13.1. The number of amides is 3. The molecule has 0 bridgehead atoms. The number of rotatable bonds is 6. The van der Waals surface area contributed by atoms with Gasteiger partial charge in [0.05, 0.1) is 0 Å². The molecule has 0 aromatic heterocycles. The van der Waals surface area contributed by atoms with Gasteiger partial charge in [-0.15, -0.1) is 0 Å². The van der Waals surface area contributed by atoms with E-state index in [2.05, 4.69) is 17.1 Å². The number of imide groups is 1. The summed E-state index contributed by atoms with van der Waals surface area (Å²) < 4.78 is 0. The Hall–Kier alpha value is -2.25. The van der Waals surface area contributed by atoms with Crippen molar-refractivity contribution in [3.8, 4) is 0 Å². The molecule has 3 rings (SSSR count). The minimum Gasteiger partial charge on any atom is -0.329 e. The minimum atomic E-state index is -0.578. The van der Waals surface area contributed by atoms with Gasteiger partial charge in [0.15, 0.2) is 0 Å². The summed E-state index contributed by atoms with van der Waals surface area (Å²) in [5, 5.41) is 2.34. The van der Waals surface area contributed by atoms with Gasteiger partial charge in [-0.25, -0.2) is 0 Å².